The number of rotatable bonds is 10. The lowest BCUT2D eigenvalue weighted by atomic mass is 10.3. The van der Waals surface area contributed by atoms with Crippen LogP contribution in [0.5, 0.6) is 0 Å². The minimum absolute atomic E-state index is 0.0429. The lowest BCUT2D eigenvalue weighted by Gasteiger charge is -2.20. The summed E-state index contributed by atoms with van der Waals surface area (Å²) in [5.41, 5.74) is 0. The number of amides is 1. The first-order valence-electron chi connectivity index (χ1n) is 6.33. The van der Waals surface area contributed by atoms with E-state index in [1.807, 2.05) is 14.0 Å². The van der Waals surface area contributed by atoms with Gasteiger partial charge < -0.3 is 20.3 Å². The Morgan fingerprint density at radius 2 is 2.06 bits per heavy atom. The fourth-order valence-electron chi connectivity index (χ4n) is 1.17. The van der Waals surface area contributed by atoms with Gasteiger partial charge in [0, 0.05) is 25.7 Å². The van der Waals surface area contributed by atoms with Gasteiger partial charge in [-0.3, -0.25) is 4.79 Å². The maximum atomic E-state index is 11.4. The quantitative estimate of drug-likeness (QED) is 0.535. The standard InChI is InChI=1S/C12H27N3O2/c1-5-13-7-9-17-10-12(16)14-6-8-15(4)11(2)3/h11,13H,5-10H2,1-4H3,(H,14,16). The molecule has 0 spiro atoms. The maximum Gasteiger partial charge on any atom is 0.246 e. The summed E-state index contributed by atoms with van der Waals surface area (Å²) in [6.45, 7) is 10.3. The zero-order valence-corrected chi connectivity index (χ0v) is 11.6. The largest absolute Gasteiger partial charge is 0.370 e. The molecule has 0 radical (unpaired) electrons. The number of hydrogen-bond acceptors (Lipinski definition) is 4. The van der Waals surface area contributed by atoms with Crippen LogP contribution in [0.1, 0.15) is 20.8 Å². The predicted molar refractivity (Wildman–Crippen MR) is 70.1 cm³/mol. The molecular formula is C12H27N3O2. The van der Waals surface area contributed by atoms with Gasteiger partial charge in [-0.15, -0.1) is 0 Å². The van der Waals surface area contributed by atoms with Crippen LogP contribution in [0.25, 0.3) is 0 Å². The molecule has 2 N–H and O–H groups in total. The molecule has 0 aromatic carbocycles. The first kappa shape index (κ1) is 16.4. The summed E-state index contributed by atoms with van der Waals surface area (Å²) in [5, 5.41) is 5.96. The molecule has 5 nitrogen and oxygen atoms in total. The highest BCUT2D eigenvalue weighted by Crippen LogP contribution is 1.90. The first-order valence-corrected chi connectivity index (χ1v) is 6.33. The highest BCUT2D eigenvalue weighted by atomic mass is 16.5. The van der Waals surface area contributed by atoms with Gasteiger partial charge in [-0.2, -0.15) is 0 Å². The monoisotopic (exact) mass is 245 g/mol. The SMILES string of the molecule is CCNCCOCC(=O)NCCN(C)C(C)C. The molecule has 5 heteroatoms. The van der Waals surface area contributed by atoms with E-state index in [4.69, 9.17) is 4.74 Å². The normalized spacial score (nSPS) is 11.2. The minimum atomic E-state index is -0.0429. The molecule has 0 rings (SSSR count). The van der Waals surface area contributed by atoms with Crippen molar-refractivity contribution in [3.05, 3.63) is 0 Å². The second-order valence-electron chi connectivity index (χ2n) is 4.33. The fourth-order valence-corrected chi connectivity index (χ4v) is 1.17. The predicted octanol–water partition coefficient (Wildman–Crippen LogP) is 0.0689. The molecule has 0 aromatic heterocycles. The van der Waals surface area contributed by atoms with E-state index in [-0.39, 0.29) is 12.5 Å². The average molecular weight is 245 g/mol. The molecule has 17 heavy (non-hydrogen) atoms. The zero-order chi connectivity index (χ0) is 13.1. The highest BCUT2D eigenvalue weighted by Gasteiger charge is 2.04. The summed E-state index contributed by atoms with van der Waals surface area (Å²) >= 11 is 0. The van der Waals surface area contributed by atoms with Crippen molar-refractivity contribution in [1.29, 1.82) is 0 Å². The smallest absolute Gasteiger partial charge is 0.246 e. The molecule has 102 valence electrons. The van der Waals surface area contributed by atoms with Crippen molar-refractivity contribution in [2.75, 3.05) is 46.4 Å². The Morgan fingerprint density at radius 3 is 2.65 bits per heavy atom. The van der Waals surface area contributed by atoms with E-state index >= 15 is 0 Å². The van der Waals surface area contributed by atoms with Gasteiger partial charge in [0.25, 0.3) is 0 Å². The Labute approximate surface area is 105 Å². The second-order valence-corrected chi connectivity index (χ2v) is 4.33. The Bertz CT molecular complexity index is 198. The average Bonchev–Trinajstić information content (AvgIpc) is 2.28. The molecule has 0 aliphatic carbocycles. The van der Waals surface area contributed by atoms with Crippen molar-refractivity contribution < 1.29 is 9.53 Å². The van der Waals surface area contributed by atoms with Crippen molar-refractivity contribution in [2.45, 2.75) is 26.8 Å². The van der Waals surface area contributed by atoms with E-state index in [0.717, 1.165) is 19.6 Å². The van der Waals surface area contributed by atoms with Crippen LogP contribution in [0.3, 0.4) is 0 Å². The van der Waals surface area contributed by atoms with E-state index < -0.39 is 0 Å². The molecule has 0 fully saturated rings. The van der Waals surface area contributed by atoms with Crippen LogP contribution in [-0.2, 0) is 9.53 Å². The summed E-state index contributed by atoms with van der Waals surface area (Å²) in [4.78, 5) is 13.5. The number of nitrogens with zero attached hydrogens (tertiary/aromatic N) is 1. The van der Waals surface area contributed by atoms with Crippen molar-refractivity contribution >= 4 is 5.91 Å². The molecular weight excluding hydrogens is 218 g/mol. The van der Waals surface area contributed by atoms with E-state index in [9.17, 15) is 4.79 Å². The van der Waals surface area contributed by atoms with Crippen LogP contribution in [0.15, 0.2) is 0 Å². The summed E-state index contributed by atoms with van der Waals surface area (Å²) in [6, 6.07) is 0.503. The Kier molecular flexibility index (Phi) is 10.1. The molecule has 1 amide bonds. The van der Waals surface area contributed by atoms with Gasteiger partial charge in [-0.05, 0) is 27.4 Å². The van der Waals surface area contributed by atoms with Crippen LogP contribution in [0.4, 0.5) is 0 Å². The minimum Gasteiger partial charge on any atom is -0.370 e. The molecule has 0 saturated carbocycles. The molecule has 0 saturated heterocycles. The van der Waals surface area contributed by atoms with Crippen molar-refractivity contribution in [3.8, 4) is 0 Å². The van der Waals surface area contributed by atoms with E-state index in [0.29, 0.717) is 19.2 Å². The second kappa shape index (κ2) is 10.5. The van der Waals surface area contributed by atoms with E-state index in [1.165, 1.54) is 0 Å². The molecule has 0 heterocycles. The lowest BCUT2D eigenvalue weighted by Crippen LogP contribution is -2.37. The van der Waals surface area contributed by atoms with Crippen molar-refractivity contribution in [1.82, 2.24) is 15.5 Å². The van der Waals surface area contributed by atoms with Gasteiger partial charge >= 0.3 is 0 Å². The molecule has 0 atom stereocenters. The maximum absolute atomic E-state index is 11.4. The first-order chi connectivity index (χ1) is 8.07. The van der Waals surface area contributed by atoms with Gasteiger partial charge in [0.2, 0.25) is 5.91 Å². The van der Waals surface area contributed by atoms with E-state index in [1.54, 1.807) is 0 Å². The van der Waals surface area contributed by atoms with Gasteiger partial charge in [-0.1, -0.05) is 6.92 Å². The summed E-state index contributed by atoms with van der Waals surface area (Å²) < 4.78 is 5.21. The van der Waals surface area contributed by atoms with Gasteiger partial charge in [-0.25, -0.2) is 0 Å². The summed E-state index contributed by atoms with van der Waals surface area (Å²) in [6.07, 6.45) is 0. The van der Waals surface area contributed by atoms with Gasteiger partial charge in [0.1, 0.15) is 6.61 Å². The van der Waals surface area contributed by atoms with Crippen molar-refractivity contribution in [2.24, 2.45) is 0 Å². The van der Waals surface area contributed by atoms with Gasteiger partial charge in [0.15, 0.2) is 0 Å². The Hall–Kier alpha value is -0.650. The van der Waals surface area contributed by atoms with Crippen LogP contribution in [-0.4, -0.2) is 63.3 Å². The number of hydrogen-bond donors (Lipinski definition) is 2. The number of carbonyl (C=O) groups is 1. The number of ether oxygens (including phenoxy) is 1. The Morgan fingerprint density at radius 1 is 1.35 bits per heavy atom. The fraction of sp³-hybridized carbons (Fsp3) is 0.917. The number of likely N-dealkylation sites (N-methyl/N-ethyl adjacent to an activating group) is 2. The Balaban J connectivity index is 3.35. The molecule has 0 unspecified atom stereocenters. The van der Waals surface area contributed by atoms with Crippen LogP contribution in [0.2, 0.25) is 0 Å². The van der Waals surface area contributed by atoms with Crippen LogP contribution in [0, 0.1) is 0 Å². The third-order valence-electron chi connectivity index (χ3n) is 2.57. The summed E-state index contributed by atoms with van der Waals surface area (Å²) in [7, 11) is 2.05. The third kappa shape index (κ3) is 10.2. The highest BCUT2D eigenvalue weighted by molar-refractivity contribution is 5.77. The van der Waals surface area contributed by atoms with E-state index in [2.05, 4.69) is 29.4 Å². The molecule has 0 aliphatic heterocycles. The zero-order valence-electron chi connectivity index (χ0n) is 11.6. The lowest BCUT2D eigenvalue weighted by molar-refractivity contribution is -0.125. The third-order valence-corrected chi connectivity index (χ3v) is 2.57. The number of nitrogens with one attached hydrogen (secondary N) is 2. The molecule has 0 aliphatic rings. The topological polar surface area (TPSA) is 53.6 Å². The van der Waals surface area contributed by atoms with Crippen LogP contribution >= 0.6 is 0 Å². The van der Waals surface area contributed by atoms with Crippen LogP contribution < -0.4 is 10.6 Å². The van der Waals surface area contributed by atoms with Crippen molar-refractivity contribution in [3.63, 3.8) is 0 Å². The van der Waals surface area contributed by atoms with Gasteiger partial charge in [0.05, 0.1) is 6.61 Å². The number of carbonyl (C=O) groups excluding carboxylic acids is 1. The molecule has 0 bridgehead atoms. The summed E-state index contributed by atoms with van der Waals surface area (Å²) in [5.74, 6) is -0.0429. The molecule has 0 aromatic rings.